The van der Waals surface area contributed by atoms with Crippen molar-refractivity contribution in [2.75, 3.05) is 16.8 Å². The molecule has 3 aromatic carbocycles. The van der Waals surface area contributed by atoms with Crippen LogP contribution in [-0.2, 0) is 23.8 Å². The minimum Gasteiger partial charge on any atom is -0.457 e. The number of amides is 1. The van der Waals surface area contributed by atoms with Crippen LogP contribution in [0.2, 0.25) is 5.02 Å². The Morgan fingerprint density at radius 1 is 1.08 bits per heavy atom. The molecule has 3 N–H and O–H groups in total. The van der Waals surface area contributed by atoms with E-state index in [1.54, 1.807) is 48.5 Å². The number of alkyl halides is 3. The Morgan fingerprint density at radius 3 is 2.64 bits per heavy atom. The van der Waals surface area contributed by atoms with Gasteiger partial charge >= 0.3 is 6.18 Å². The van der Waals surface area contributed by atoms with Crippen molar-refractivity contribution in [2.45, 2.75) is 31.1 Å². The van der Waals surface area contributed by atoms with E-state index >= 15 is 0 Å². The van der Waals surface area contributed by atoms with E-state index in [0.717, 1.165) is 22.9 Å². The second-order valence-corrected chi connectivity index (χ2v) is 10.3. The molecule has 39 heavy (non-hydrogen) atoms. The highest BCUT2D eigenvalue weighted by Gasteiger charge is 2.38. The lowest BCUT2D eigenvalue weighted by atomic mass is 9.88. The van der Waals surface area contributed by atoms with Gasteiger partial charge in [0.1, 0.15) is 11.5 Å². The van der Waals surface area contributed by atoms with Crippen molar-refractivity contribution in [3.8, 4) is 22.8 Å². The standard InChI is InChI=1S/C28H22ClF3N4O2S/c1-15-10-19(7-9-23(15)29)38-20-12-17(33)11-18(13-20)34-24(37)14-39-27-35-25-21-5-3-2-4-16(21)6-8-22(25)26(36-27)28(30,31)32/h2-5,7,9-13H,6,8,14,33H2,1H3,(H,34,37). The topological polar surface area (TPSA) is 90.1 Å². The van der Waals surface area contributed by atoms with Gasteiger partial charge in [-0.05, 0) is 55.2 Å². The fraction of sp³-hybridized carbons (Fsp3) is 0.179. The summed E-state index contributed by atoms with van der Waals surface area (Å²) in [7, 11) is 0. The summed E-state index contributed by atoms with van der Waals surface area (Å²) in [5, 5.41) is 3.19. The molecule has 1 heterocycles. The number of anilines is 2. The number of benzene rings is 3. The second kappa shape index (κ2) is 10.8. The predicted octanol–water partition coefficient (Wildman–Crippen LogP) is 7.33. The van der Waals surface area contributed by atoms with Gasteiger partial charge in [0.05, 0.1) is 11.4 Å². The number of carbonyl (C=O) groups excluding carboxylic acids is 1. The Bertz CT molecular complexity index is 1580. The van der Waals surface area contributed by atoms with Crippen LogP contribution in [-0.4, -0.2) is 21.6 Å². The first-order valence-electron chi connectivity index (χ1n) is 11.9. The van der Waals surface area contributed by atoms with E-state index in [4.69, 9.17) is 22.1 Å². The minimum absolute atomic E-state index is 0.0816. The molecule has 0 atom stereocenters. The molecule has 0 bridgehead atoms. The van der Waals surface area contributed by atoms with Gasteiger partial charge in [-0.1, -0.05) is 47.6 Å². The summed E-state index contributed by atoms with van der Waals surface area (Å²) in [6.45, 7) is 1.85. The highest BCUT2D eigenvalue weighted by molar-refractivity contribution is 7.99. The number of nitrogens with one attached hydrogen (secondary N) is 1. The van der Waals surface area contributed by atoms with Crippen molar-refractivity contribution in [3.63, 3.8) is 0 Å². The van der Waals surface area contributed by atoms with Crippen LogP contribution in [0.5, 0.6) is 11.5 Å². The van der Waals surface area contributed by atoms with Gasteiger partial charge in [0.15, 0.2) is 10.9 Å². The van der Waals surface area contributed by atoms with Crippen molar-refractivity contribution in [3.05, 3.63) is 88.1 Å². The summed E-state index contributed by atoms with van der Waals surface area (Å²) in [6, 6.07) is 17.2. The molecule has 0 saturated carbocycles. The Morgan fingerprint density at radius 2 is 1.87 bits per heavy atom. The Balaban J connectivity index is 1.32. The summed E-state index contributed by atoms with van der Waals surface area (Å²) in [5.74, 6) is 0.265. The maximum atomic E-state index is 13.9. The van der Waals surface area contributed by atoms with Crippen LogP contribution in [0, 0.1) is 6.92 Å². The third-order valence-corrected chi connectivity index (χ3v) is 7.35. The number of nitrogens with zero attached hydrogens (tertiary/aromatic N) is 2. The largest absolute Gasteiger partial charge is 0.457 e. The lowest BCUT2D eigenvalue weighted by molar-refractivity contribution is -0.142. The van der Waals surface area contributed by atoms with Crippen LogP contribution < -0.4 is 15.8 Å². The molecule has 1 aliphatic carbocycles. The first-order chi connectivity index (χ1) is 18.6. The molecule has 1 amide bonds. The normalized spacial score (nSPS) is 12.4. The third kappa shape index (κ3) is 6.12. The highest BCUT2D eigenvalue weighted by Crippen LogP contribution is 2.40. The monoisotopic (exact) mass is 570 g/mol. The van der Waals surface area contributed by atoms with Gasteiger partial charge < -0.3 is 15.8 Å². The molecule has 0 saturated heterocycles. The van der Waals surface area contributed by atoms with E-state index < -0.39 is 17.8 Å². The zero-order chi connectivity index (χ0) is 27.7. The second-order valence-electron chi connectivity index (χ2n) is 8.98. The Kier molecular flexibility index (Phi) is 7.42. The Labute approximate surface area is 231 Å². The van der Waals surface area contributed by atoms with Gasteiger partial charge in [-0.3, -0.25) is 4.79 Å². The molecule has 1 aliphatic rings. The average molecular weight is 571 g/mol. The molecule has 6 nitrogen and oxygen atoms in total. The number of carbonyl (C=O) groups is 1. The molecule has 11 heteroatoms. The van der Waals surface area contributed by atoms with E-state index in [1.807, 2.05) is 19.1 Å². The summed E-state index contributed by atoms with van der Waals surface area (Å²) in [5.41, 5.74) is 8.52. The first kappa shape index (κ1) is 26.8. The zero-order valence-electron chi connectivity index (χ0n) is 20.6. The third-order valence-electron chi connectivity index (χ3n) is 6.08. The first-order valence-corrected chi connectivity index (χ1v) is 13.3. The van der Waals surface area contributed by atoms with Gasteiger partial charge in [-0.25, -0.2) is 9.97 Å². The number of nitrogen functional groups attached to an aromatic ring is 1. The molecule has 0 fully saturated rings. The van der Waals surface area contributed by atoms with Crippen molar-refractivity contribution in [1.82, 2.24) is 9.97 Å². The lowest BCUT2D eigenvalue weighted by Gasteiger charge is -2.22. The maximum absolute atomic E-state index is 13.9. The molecule has 0 aliphatic heterocycles. The minimum atomic E-state index is -4.64. The number of thioether (sulfide) groups is 1. The fourth-order valence-corrected chi connectivity index (χ4v) is 5.11. The molecule has 0 unspecified atom stereocenters. The van der Waals surface area contributed by atoms with Crippen LogP contribution >= 0.6 is 23.4 Å². The Hall–Kier alpha value is -3.76. The number of aryl methyl sites for hydroxylation is 2. The lowest BCUT2D eigenvalue weighted by Crippen LogP contribution is -2.19. The van der Waals surface area contributed by atoms with Crippen LogP contribution in [0.25, 0.3) is 11.3 Å². The predicted molar refractivity (Wildman–Crippen MR) is 146 cm³/mol. The van der Waals surface area contributed by atoms with Crippen LogP contribution in [0.15, 0.2) is 65.8 Å². The number of hydrogen-bond donors (Lipinski definition) is 2. The number of nitrogens with two attached hydrogens (primary N) is 1. The average Bonchev–Trinajstić information content (AvgIpc) is 2.88. The maximum Gasteiger partial charge on any atom is 0.433 e. The summed E-state index contributed by atoms with van der Waals surface area (Å²) < 4.78 is 47.5. The number of hydrogen-bond acceptors (Lipinski definition) is 6. The van der Waals surface area contributed by atoms with E-state index in [-0.39, 0.29) is 28.6 Å². The number of ether oxygens (including phenoxy) is 1. The van der Waals surface area contributed by atoms with Gasteiger partial charge in [0, 0.05) is 39.7 Å². The molecule has 0 spiro atoms. The van der Waals surface area contributed by atoms with E-state index in [2.05, 4.69) is 15.3 Å². The number of rotatable bonds is 6. The molecular weight excluding hydrogens is 549 g/mol. The molecule has 4 aromatic rings. The fourth-order valence-electron chi connectivity index (χ4n) is 4.35. The summed E-state index contributed by atoms with van der Waals surface area (Å²) in [4.78, 5) is 20.9. The molecule has 1 aromatic heterocycles. The summed E-state index contributed by atoms with van der Waals surface area (Å²) in [6.07, 6.45) is -3.96. The van der Waals surface area contributed by atoms with Gasteiger partial charge in [-0.15, -0.1) is 0 Å². The van der Waals surface area contributed by atoms with Crippen LogP contribution in [0.3, 0.4) is 0 Å². The zero-order valence-corrected chi connectivity index (χ0v) is 22.2. The van der Waals surface area contributed by atoms with Crippen molar-refractivity contribution >= 4 is 40.6 Å². The number of fused-ring (bicyclic) bond motifs is 3. The van der Waals surface area contributed by atoms with Crippen molar-refractivity contribution in [2.24, 2.45) is 0 Å². The van der Waals surface area contributed by atoms with Crippen molar-refractivity contribution < 1.29 is 22.7 Å². The molecule has 0 radical (unpaired) electrons. The molecular formula is C28H22ClF3N4O2S. The van der Waals surface area contributed by atoms with Crippen LogP contribution in [0.1, 0.15) is 22.4 Å². The van der Waals surface area contributed by atoms with Gasteiger partial charge in [0.2, 0.25) is 5.91 Å². The number of halogens is 4. The van der Waals surface area contributed by atoms with Gasteiger partial charge in [0.25, 0.3) is 0 Å². The van der Waals surface area contributed by atoms with Crippen LogP contribution in [0.4, 0.5) is 24.5 Å². The highest BCUT2D eigenvalue weighted by atomic mass is 35.5. The SMILES string of the molecule is Cc1cc(Oc2cc(N)cc(NC(=O)CSc3nc4c(c(C(F)(F)F)n3)CCc3ccccc3-4)c2)ccc1Cl. The quantitative estimate of drug-likeness (QED) is 0.143. The van der Waals surface area contributed by atoms with Crippen molar-refractivity contribution in [1.29, 1.82) is 0 Å². The van der Waals surface area contributed by atoms with E-state index in [1.165, 1.54) is 0 Å². The number of aromatic nitrogens is 2. The smallest absolute Gasteiger partial charge is 0.433 e. The molecule has 5 rings (SSSR count). The van der Waals surface area contributed by atoms with E-state index in [0.29, 0.717) is 39.9 Å². The van der Waals surface area contributed by atoms with Gasteiger partial charge in [-0.2, -0.15) is 13.2 Å². The van der Waals surface area contributed by atoms with E-state index in [9.17, 15) is 18.0 Å². The molecule has 200 valence electrons. The summed E-state index contributed by atoms with van der Waals surface area (Å²) >= 11 is 6.89.